The summed E-state index contributed by atoms with van der Waals surface area (Å²) in [5.74, 6) is -1.16. The maximum Gasteiger partial charge on any atom is 0.315 e. The molecule has 0 atom stereocenters. The van der Waals surface area contributed by atoms with Gasteiger partial charge in [-0.1, -0.05) is 48.2 Å². The van der Waals surface area contributed by atoms with E-state index in [2.05, 4.69) is 15.6 Å². The molecule has 1 heterocycles. The second-order valence-electron chi connectivity index (χ2n) is 5.48. The molecule has 0 unspecified atom stereocenters. The Balaban J connectivity index is 1.70. The van der Waals surface area contributed by atoms with E-state index in [0.717, 1.165) is 15.5 Å². The number of carbonyl (C=O) groups excluding carboxylic acids is 2. The normalized spacial score (nSPS) is 10.2. The lowest BCUT2D eigenvalue weighted by Gasteiger charge is -2.11. The van der Waals surface area contributed by atoms with Crippen molar-refractivity contribution in [2.75, 3.05) is 10.6 Å². The number of pyridine rings is 1. The van der Waals surface area contributed by atoms with Crippen molar-refractivity contribution in [2.24, 2.45) is 0 Å². The minimum Gasteiger partial charge on any atom is -0.317 e. The van der Waals surface area contributed by atoms with Crippen molar-refractivity contribution in [1.82, 2.24) is 4.98 Å². The van der Waals surface area contributed by atoms with E-state index in [1.165, 1.54) is 11.8 Å². The number of anilines is 2. The average Bonchev–Trinajstić information content (AvgIpc) is 2.64. The van der Waals surface area contributed by atoms with Crippen LogP contribution in [0.2, 0.25) is 0 Å². The number of rotatable bonds is 4. The average molecular weight is 363 g/mol. The zero-order chi connectivity index (χ0) is 18.4. The van der Waals surface area contributed by atoms with Gasteiger partial charge in [-0.2, -0.15) is 0 Å². The van der Waals surface area contributed by atoms with Crippen molar-refractivity contribution >= 4 is 35.1 Å². The fraction of sp³-hybridized carbons (Fsp3) is 0.0500. The Morgan fingerprint density at radius 1 is 0.808 bits per heavy atom. The molecular weight excluding hydrogens is 346 g/mol. The molecule has 26 heavy (non-hydrogen) atoms. The highest BCUT2D eigenvalue weighted by Gasteiger charge is 2.16. The minimum atomic E-state index is -0.761. The van der Waals surface area contributed by atoms with Crippen LogP contribution in [0.4, 0.5) is 11.5 Å². The van der Waals surface area contributed by atoms with E-state index in [1.807, 2.05) is 61.5 Å². The van der Waals surface area contributed by atoms with E-state index in [0.29, 0.717) is 11.5 Å². The van der Waals surface area contributed by atoms with Crippen molar-refractivity contribution in [3.8, 4) is 0 Å². The lowest BCUT2D eigenvalue weighted by molar-refractivity contribution is -0.133. The summed E-state index contributed by atoms with van der Waals surface area (Å²) in [6.07, 6.45) is 0. The van der Waals surface area contributed by atoms with E-state index < -0.39 is 11.8 Å². The smallest absolute Gasteiger partial charge is 0.315 e. The molecule has 0 saturated carbocycles. The van der Waals surface area contributed by atoms with E-state index in [9.17, 15) is 9.59 Å². The van der Waals surface area contributed by atoms with Crippen LogP contribution in [-0.4, -0.2) is 16.8 Å². The molecule has 0 fully saturated rings. The van der Waals surface area contributed by atoms with Crippen LogP contribution in [0.1, 0.15) is 5.69 Å². The van der Waals surface area contributed by atoms with E-state index >= 15 is 0 Å². The third-order valence-corrected chi connectivity index (χ3v) is 4.53. The Morgan fingerprint density at radius 2 is 1.50 bits per heavy atom. The number of hydrogen-bond acceptors (Lipinski definition) is 4. The maximum absolute atomic E-state index is 12.2. The van der Waals surface area contributed by atoms with Crippen LogP contribution >= 0.6 is 11.8 Å². The minimum absolute atomic E-state index is 0.345. The highest BCUT2D eigenvalue weighted by atomic mass is 32.2. The molecule has 130 valence electrons. The number of aromatic nitrogens is 1. The number of amides is 2. The standard InChI is InChI=1S/C20H17N3O2S/c1-14-8-7-13-18(21-14)23-20(25)19(24)22-16-11-5-6-12-17(16)26-15-9-3-2-4-10-15/h2-13H,1H3,(H,22,24)(H,21,23,25). The van der Waals surface area contributed by atoms with Gasteiger partial charge in [-0.05, 0) is 43.3 Å². The molecule has 3 aromatic rings. The number of hydrogen-bond donors (Lipinski definition) is 2. The van der Waals surface area contributed by atoms with Crippen LogP contribution in [0.25, 0.3) is 0 Å². The van der Waals surface area contributed by atoms with Gasteiger partial charge in [0, 0.05) is 15.5 Å². The van der Waals surface area contributed by atoms with Gasteiger partial charge in [-0.25, -0.2) is 4.98 Å². The molecule has 3 rings (SSSR count). The second-order valence-corrected chi connectivity index (χ2v) is 6.60. The number of nitrogens with zero attached hydrogens (tertiary/aromatic N) is 1. The summed E-state index contributed by atoms with van der Waals surface area (Å²) in [4.78, 5) is 30.4. The quantitative estimate of drug-likeness (QED) is 0.684. The van der Waals surface area contributed by atoms with E-state index in [-0.39, 0.29) is 0 Å². The van der Waals surface area contributed by atoms with Crippen molar-refractivity contribution in [2.45, 2.75) is 16.7 Å². The molecule has 0 aliphatic rings. The van der Waals surface area contributed by atoms with E-state index in [4.69, 9.17) is 0 Å². The zero-order valence-electron chi connectivity index (χ0n) is 14.1. The summed E-state index contributed by atoms with van der Waals surface area (Å²) in [5, 5.41) is 5.17. The van der Waals surface area contributed by atoms with Gasteiger partial charge in [-0.15, -0.1) is 0 Å². The second kappa shape index (κ2) is 8.31. The molecule has 2 aromatic carbocycles. The first-order valence-electron chi connectivity index (χ1n) is 8.00. The molecule has 1 aromatic heterocycles. The SMILES string of the molecule is Cc1cccc(NC(=O)C(=O)Nc2ccccc2Sc2ccccc2)n1. The highest BCUT2D eigenvalue weighted by Crippen LogP contribution is 2.33. The van der Waals surface area contributed by atoms with Gasteiger partial charge in [-0.3, -0.25) is 9.59 Å². The largest absolute Gasteiger partial charge is 0.317 e. The van der Waals surface area contributed by atoms with Crippen LogP contribution in [0.15, 0.2) is 82.6 Å². The predicted molar refractivity (Wildman–Crippen MR) is 103 cm³/mol. The summed E-state index contributed by atoms with van der Waals surface area (Å²) < 4.78 is 0. The van der Waals surface area contributed by atoms with Gasteiger partial charge >= 0.3 is 11.8 Å². The lowest BCUT2D eigenvalue weighted by Crippen LogP contribution is -2.29. The van der Waals surface area contributed by atoms with Crippen LogP contribution < -0.4 is 10.6 Å². The van der Waals surface area contributed by atoms with Crippen LogP contribution in [0.3, 0.4) is 0 Å². The topological polar surface area (TPSA) is 71.1 Å². The Morgan fingerprint density at radius 3 is 2.27 bits per heavy atom. The van der Waals surface area contributed by atoms with Crippen molar-refractivity contribution < 1.29 is 9.59 Å². The molecule has 0 aliphatic carbocycles. The van der Waals surface area contributed by atoms with Crippen molar-refractivity contribution in [3.63, 3.8) is 0 Å². The molecule has 2 amide bonds. The number of nitrogens with one attached hydrogen (secondary N) is 2. The number of aryl methyl sites for hydroxylation is 1. The van der Waals surface area contributed by atoms with Gasteiger partial charge in [0.2, 0.25) is 0 Å². The molecule has 0 radical (unpaired) electrons. The third kappa shape index (κ3) is 4.70. The van der Waals surface area contributed by atoms with Crippen molar-refractivity contribution in [1.29, 1.82) is 0 Å². The van der Waals surface area contributed by atoms with Gasteiger partial charge in [0.05, 0.1) is 5.69 Å². The third-order valence-electron chi connectivity index (χ3n) is 3.44. The summed E-state index contributed by atoms with van der Waals surface area (Å²) in [7, 11) is 0. The van der Waals surface area contributed by atoms with Gasteiger partial charge < -0.3 is 10.6 Å². The van der Waals surface area contributed by atoms with Gasteiger partial charge in [0.15, 0.2) is 0 Å². The zero-order valence-corrected chi connectivity index (χ0v) is 14.9. The van der Waals surface area contributed by atoms with Crippen LogP contribution in [0.5, 0.6) is 0 Å². The highest BCUT2D eigenvalue weighted by molar-refractivity contribution is 7.99. The molecule has 2 N–H and O–H groups in total. The number of carbonyl (C=O) groups is 2. The summed E-state index contributed by atoms with van der Waals surface area (Å²) in [5.41, 5.74) is 1.34. The molecule has 0 saturated heterocycles. The van der Waals surface area contributed by atoms with Gasteiger partial charge in [0.1, 0.15) is 5.82 Å². The van der Waals surface area contributed by atoms with Crippen LogP contribution in [0, 0.1) is 6.92 Å². The molecule has 0 aliphatic heterocycles. The summed E-state index contributed by atoms with van der Waals surface area (Å²) in [6, 6.07) is 22.4. The Kier molecular flexibility index (Phi) is 5.66. The predicted octanol–water partition coefficient (Wildman–Crippen LogP) is 4.12. The first-order chi connectivity index (χ1) is 12.6. The number of para-hydroxylation sites is 1. The maximum atomic E-state index is 12.2. The molecule has 0 spiro atoms. The van der Waals surface area contributed by atoms with Crippen molar-refractivity contribution in [3.05, 3.63) is 78.5 Å². The lowest BCUT2D eigenvalue weighted by atomic mass is 10.3. The summed E-state index contributed by atoms with van der Waals surface area (Å²) >= 11 is 1.52. The van der Waals surface area contributed by atoms with Crippen LogP contribution in [-0.2, 0) is 9.59 Å². The van der Waals surface area contributed by atoms with Gasteiger partial charge in [0.25, 0.3) is 0 Å². The monoisotopic (exact) mass is 363 g/mol. The van der Waals surface area contributed by atoms with E-state index in [1.54, 1.807) is 18.2 Å². The first-order valence-corrected chi connectivity index (χ1v) is 8.81. The molecule has 5 nitrogen and oxygen atoms in total. The Hall–Kier alpha value is -3.12. The Labute approximate surface area is 155 Å². The fourth-order valence-electron chi connectivity index (χ4n) is 2.24. The summed E-state index contributed by atoms with van der Waals surface area (Å²) in [6.45, 7) is 1.81. The molecular formula is C20H17N3O2S. The first kappa shape index (κ1) is 17.7. The molecule has 6 heteroatoms. The molecule has 0 bridgehead atoms. The Bertz CT molecular complexity index is 929. The fourth-order valence-corrected chi connectivity index (χ4v) is 3.16. The number of benzene rings is 2.